The minimum atomic E-state index is -4.02. The molecule has 1 aliphatic rings. The summed E-state index contributed by atoms with van der Waals surface area (Å²) in [5.74, 6) is -1.33. The molecule has 1 aliphatic heterocycles. The van der Waals surface area contributed by atoms with E-state index in [4.69, 9.17) is 11.6 Å². The standard InChI is InChI=1S/C25H30ClN3O5S/c1-3-5-15-27-24(31)21(4-2)28(17-18-10-12-19(26)13-11-18)23(30)14-16-29-25(32)20-8-6-7-9-22(20)35(29,33)34/h6-13,21H,3-5,14-17H2,1-2H3,(H,27,31)/t21-/m0/s1. The second-order valence-electron chi connectivity index (χ2n) is 8.35. The van der Waals surface area contributed by atoms with Gasteiger partial charge in [-0.2, -0.15) is 0 Å². The SMILES string of the molecule is CCCCNC(=O)[C@H](CC)N(Cc1ccc(Cl)cc1)C(=O)CCN1C(=O)c2ccccc2S1(=O)=O. The van der Waals surface area contributed by atoms with Crippen LogP contribution in [0.2, 0.25) is 5.02 Å². The Labute approximate surface area is 211 Å². The third kappa shape index (κ3) is 6.02. The van der Waals surface area contributed by atoms with Crippen molar-refractivity contribution in [2.75, 3.05) is 13.1 Å². The lowest BCUT2D eigenvalue weighted by Crippen LogP contribution is -2.49. The number of carbonyl (C=O) groups is 3. The maximum atomic E-state index is 13.4. The Bertz CT molecular complexity index is 1180. The summed E-state index contributed by atoms with van der Waals surface area (Å²) < 4.78 is 26.4. The third-order valence-electron chi connectivity index (χ3n) is 5.92. The Balaban J connectivity index is 1.80. The predicted molar refractivity (Wildman–Crippen MR) is 133 cm³/mol. The Morgan fingerprint density at radius 1 is 1.09 bits per heavy atom. The molecule has 8 nitrogen and oxygen atoms in total. The average molecular weight is 520 g/mol. The molecular weight excluding hydrogens is 490 g/mol. The maximum absolute atomic E-state index is 13.4. The van der Waals surface area contributed by atoms with Crippen molar-refractivity contribution in [2.45, 2.75) is 57.0 Å². The number of hydrogen-bond donors (Lipinski definition) is 1. The van der Waals surface area contributed by atoms with Crippen molar-refractivity contribution in [2.24, 2.45) is 0 Å². The first kappa shape index (κ1) is 26.7. The quantitative estimate of drug-likeness (QED) is 0.457. The van der Waals surface area contributed by atoms with Crippen molar-refractivity contribution in [3.05, 3.63) is 64.7 Å². The average Bonchev–Trinajstić information content (AvgIpc) is 3.04. The van der Waals surface area contributed by atoms with E-state index in [1.807, 2.05) is 13.8 Å². The molecule has 1 heterocycles. The van der Waals surface area contributed by atoms with Crippen LogP contribution in [-0.4, -0.2) is 54.5 Å². The van der Waals surface area contributed by atoms with Crippen LogP contribution in [0.1, 0.15) is 55.5 Å². The van der Waals surface area contributed by atoms with Crippen LogP contribution in [0.5, 0.6) is 0 Å². The summed E-state index contributed by atoms with van der Waals surface area (Å²) in [4.78, 5) is 40.4. The Morgan fingerprint density at radius 2 is 1.77 bits per heavy atom. The van der Waals surface area contributed by atoms with Gasteiger partial charge in [0, 0.05) is 31.1 Å². The van der Waals surface area contributed by atoms with Crippen LogP contribution in [0.25, 0.3) is 0 Å². The van der Waals surface area contributed by atoms with Crippen LogP contribution in [-0.2, 0) is 26.2 Å². The molecule has 2 aromatic carbocycles. The van der Waals surface area contributed by atoms with Gasteiger partial charge < -0.3 is 10.2 Å². The number of nitrogens with zero attached hydrogens (tertiary/aromatic N) is 2. The largest absolute Gasteiger partial charge is 0.354 e. The summed E-state index contributed by atoms with van der Waals surface area (Å²) in [6, 6.07) is 12.2. The van der Waals surface area contributed by atoms with Crippen molar-refractivity contribution < 1.29 is 22.8 Å². The first-order valence-electron chi connectivity index (χ1n) is 11.7. The molecule has 1 N–H and O–H groups in total. The van der Waals surface area contributed by atoms with Crippen LogP contribution in [0.4, 0.5) is 0 Å². The molecule has 2 aromatic rings. The van der Waals surface area contributed by atoms with E-state index in [0.29, 0.717) is 18.0 Å². The summed E-state index contributed by atoms with van der Waals surface area (Å²) in [5.41, 5.74) is 0.875. The van der Waals surface area contributed by atoms with Crippen LogP contribution >= 0.6 is 11.6 Å². The van der Waals surface area contributed by atoms with E-state index in [-0.39, 0.29) is 35.9 Å². The van der Waals surface area contributed by atoms with Crippen LogP contribution in [0.3, 0.4) is 0 Å². The second kappa shape index (κ2) is 11.7. The molecular formula is C25H30ClN3O5S. The fourth-order valence-electron chi connectivity index (χ4n) is 4.01. The van der Waals surface area contributed by atoms with Gasteiger partial charge in [0.2, 0.25) is 11.8 Å². The fraction of sp³-hybridized carbons (Fsp3) is 0.400. The van der Waals surface area contributed by atoms with Gasteiger partial charge in [0.25, 0.3) is 15.9 Å². The van der Waals surface area contributed by atoms with Gasteiger partial charge in [0.05, 0.1) is 5.56 Å². The molecule has 10 heteroatoms. The van der Waals surface area contributed by atoms with Crippen molar-refractivity contribution in [3.8, 4) is 0 Å². The molecule has 35 heavy (non-hydrogen) atoms. The van der Waals surface area contributed by atoms with E-state index in [9.17, 15) is 22.8 Å². The first-order valence-corrected chi connectivity index (χ1v) is 13.5. The number of hydrogen-bond acceptors (Lipinski definition) is 5. The Hall–Kier alpha value is -2.91. The smallest absolute Gasteiger partial charge is 0.269 e. The van der Waals surface area contributed by atoms with Crippen LogP contribution in [0.15, 0.2) is 53.4 Å². The van der Waals surface area contributed by atoms with Gasteiger partial charge >= 0.3 is 0 Å². The first-order chi connectivity index (χ1) is 16.7. The number of carbonyl (C=O) groups excluding carboxylic acids is 3. The molecule has 0 fully saturated rings. The molecule has 0 aliphatic carbocycles. The van der Waals surface area contributed by atoms with Crippen molar-refractivity contribution in [1.29, 1.82) is 0 Å². The van der Waals surface area contributed by atoms with Gasteiger partial charge in [-0.05, 0) is 42.7 Å². The molecule has 0 unspecified atom stereocenters. The molecule has 0 saturated carbocycles. The number of amides is 3. The molecule has 0 aromatic heterocycles. The summed E-state index contributed by atoms with van der Waals surface area (Å²) in [5, 5.41) is 3.43. The van der Waals surface area contributed by atoms with Gasteiger partial charge in [-0.1, -0.05) is 56.1 Å². The van der Waals surface area contributed by atoms with Gasteiger partial charge in [-0.3, -0.25) is 14.4 Å². The second-order valence-corrected chi connectivity index (χ2v) is 10.6. The number of unbranched alkanes of at least 4 members (excludes halogenated alkanes) is 1. The van der Waals surface area contributed by atoms with Crippen LogP contribution < -0.4 is 5.32 Å². The van der Waals surface area contributed by atoms with Gasteiger partial charge in [0.1, 0.15) is 10.9 Å². The van der Waals surface area contributed by atoms with E-state index < -0.39 is 27.9 Å². The number of rotatable bonds is 11. The highest BCUT2D eigenvalue weighted by atomic mass is 35.5. The Kier molecular flexibility index (Phi) is 8.91. The monoisotopic (exact) mass is 519 g/mol. The molecule has 3 amide bonds. The number of fused-ring (bicyclic) bond motifs is 1. The number of halogens is 1. The predicted octanol–water partition coefficient (Wildman–Crippen LogP) is 3.60. The fourth-order valence-corrected chi connectivity index (χ4v) is 5.70. The lowest BCUT2D eigenvalue weighted by molar-refractivity contribution is -0.141. The van der Waals surface area contributed by atoms with E-state index in [2.05, 4.69) is 5.32 Å². The number of benzene rings is 2. The van der Waals surface area contributed by atoms with E-state index in [0.717, 1.165) is 22.7 Å². The third-order valence-corrected chi connectivity index (χ3v) is 8.01. The highest BCUT2D eigenvalue weighted by molar-refractivity contribution is 7.90. The lowest BCUT2D eigenvalue weighted by atomic mass is 10.1. The van der Waals surface area contributed by atoms with Crippen LogP contribution in [0, 0.1) is 0 Å². The zero-order valence-electron chi connectivity index (χ0n) is 19.9. The number of sulfonamides is 1. The summed E-state index contributed by atoms with van der Waals surface area (Å²) in [6.45, 7) is 4.19. The molecule has 1 atom stereocenters. The molecule has 0 bridgehead atoms. The minimum absolute atomic E-state index is 0.0581. The highest BCUT2D eigenvalue weighted by Crippen LogP contribution is 2.30. The van der Waals surface area contributed by atoms with Crippen molar-refractivity contribution in [3.63, 3.8) is 0 Å². The van der Waals surface area contributed by atoms with Crippen molar-refractivity contribution >= 4 is 39.3 Å². The Morgan fingerprint density at radius 3 is 2.40 bits per heavy atom. The van der Waals surface area contributed by atoms with E-state index in [1.54, 1.807) is 36.4 Å². The minimum Gasteiger partial charge on any atom is -0.354 e. The van der Waals surface area contributed by atoms with Gasteiger partial charge in [-0.25, -0.2) is 12.7 Å². The summed E-state index contributed by atoms with van der Waals surface area (Å²) >= 11 is 5.98. The zero-order valence-corrected chi connectivity index (χ0v) is 21.4. The molecule has 0 spiro atoms. The molecule has 0 radical (unpaired) electrons. The normalized spacial score (nSPS) is 14.9. The molecule has 188 valence electrons. The van der Waals surface area contributed by atoms with Crippen molar-refractivity contribution in [1.82, 2.24) is 14.5 Å². The summed E-state index contributed by atoms with van der Waals surface area (Å²) in [7, 11) is -4.02. The molecule has 0 saturated heterocycles. The van der Waals surface area contributed by atoms with E-state index in [1.165, 1.54) is 17.0 Å². The number of nitrogens with one attached hydrogen (secondary N) is 1. The summed E-state index contributed by atoms with van der Waals surface area (Å²) in [6.07, 6.45) is 1.88. The highest BCUT2D eigenvalue weighted by Gasteiger charge is 2.41. The van der Waals surface area contributed by atoms with E-state index >= 15 is 0 Å². The maximum Gasteiger partial charge on any atom is 0.269 e. The zero-order chi connectivity index (χ0) is 25.6. The topological polar surface area (TPSA) is 104 Å². The van der Waals surface area contributed by atoms with Gasteiger partial charge in [-0.15, -0.1) is 0 Å². The molecule has 3 rings (SSSR count). The lowest BCUT2D eigenvalue weighted by Gasteiger charge is -2.31. The van der Waals surface area contributed by atoms with Gasteiger partial charge in [0.15, 0.2) is 0 Å².